The van der Waals surface area contributed by atoms with Crippen molar-refractivity contribution in [3.8, 4) is 0 Å². The maximum absolute atomic E-state index is 5.81. The largest absolute Gasteiger partial charge is 0.399 e. The van der Waals surface area contributed by atoms with Crippen LogP contribution in [0.1, 0.15) is 24.0 Å². The predicted molar refractivity (Wildman–Crippen MR) is 75.2 cm³/mol. The van der Waals surface area contributed by atoms with Gasteiger partial charge in [-0.3, -0.25) is 0 Å². The second kappa shape index (κ2) is 4.88. The molecule has 0 saturated heterocycles. The van der Waals surface area contributed by atoms with E-state index in [1.54, 1.807) is 0 Å². The van der Waals surface area contributed by atoms with Crippen LogP contribution in [0.15, 0.2) is 61.2 Å². The van der Waals surface area contributed by atoms with E-state index >= 15 is 0 Å². The van der Waals surface area contributed by atoms with E-state index in [9.17, 15) is 0 Å². The molecule has 1 aromatic carbocycles. The second-order valence-corrected chi connectivity index (χ2v) is 4.21. The highest BCUT2D eigenvalue weighted by atomic mass is 14.6. The van der Waals surface area contributed by atoms with Gasteiger partial charge in [0.25, 0.3) is 0 Å². The van der Waals surface area contributed by atoms with Crippen LogP contribution < -0.4 is 5.73 Å². The minimum absolute atomic E-state index is 0.591. The standard InChI is InChI=1S/C16H17N/c1-12(14-8-4-3-5-9-14)15-10-6-7-11-16(15)13(2)17/h3-4,6-8,10-11H,1-2,5,9,17H2. The molecule has 1 aromatic rings. The summed E-state index contributed by atoms with van der Waals surface area (Å²) in [7, 11) is 0. The summed E-state index contributed by atoms with van der Waals surface area (Å²) in [6.45, 7) is 8.01. The molecule has 1 nitrogen and oxygen atoms in total. The van der Waals surface area contributed by atoms with Crippen LogP contribution in [0.4, 0.5) is 0 Å². The van der Waals surface area contributed by atoms with Crippen molar-refractivity contribution in [3.05, 3.63) is 72.4 Å². The molecule has 1 aliphatic carbocycles. The molecule has 0 bridgehead atoms. The molecule has 0 spiro atoms. The van der Waals surface area contributed by atoms with Gasteiger partial charge in [-0.05, 0) is 29.6 Å². The first-order valence-electron chi connectivity index (χ1n) is 5.79. The maximum Gasteiger partial charge on any atom is 0.0320 e. The average Bonchev–Trinajstić information content (AvgIpc) is 2.39. The van der Waals surface area contributed by atoms with Crippen molar-refractivity contribution in [1.82, 2.24) is 0 Å². The second-order valence-electron chi connectivity index (χ2n) is 4.21. The third-order valence-corrected chi connectivity index (χ3v) is 3.00. The van der Waals surface area contributed by atoms with Gasteiger partial charge >= 0.3 is 0 Å². The molecule has 0 atom stereocenters. The molecule has 0 amide bonds. The van der Waals surface area contributed by atoms with Crippen LogP contribution in [0.3, 0.4) is 0 Å². The fraction of sp³-hybridized carbons (Fsp3) is 0.125. The minimum atomic E-state index is 0.591. The molecule has 1 aliphatic rings. The Morgan fingerprint density at radius 3 is 2.41 bits per heavy atom. The Morgan fingerprint density at radius 2 is 1.82 bits per heavy atom. The number of rotatable bonds is 3. The van der Waals surface area contributed by atoms with Crippen molar-refractivity contribution in [2.24, 2.45) is 5.73 Å². The van der Waals surface area contributed by atoms with Gasteiger partial charge in [-0.25, -0.2) is 0 Å². The van der Waals surface area contributed by atoms with Gasteiger partial charge in [-0.1, -0.05) is 55.7 Å². The molecule has 2 rings (SSSR count). The highest BCUT2D eigenvalue weighted by molar-refractivity contribution is 5.84. The molecular weight excluding hydrogens is 206 g/mol. The lowest BCUT2D eigenvalue weighted by molar-refractivity contribution is 0.996. The lowest BCUT2D eigenvalue weighted by Crippen LogP contribution is -2.00. The van der Waals surface area contributed by atoms with Crippen molar-refractivity contribution in [2.75, 3.05) is 0 Å². The van der Waals surface area contributed by atoms with Crippen LogP contribution in [0.25, 0.3) is 11.3 Å². The Morgan fingerprint density at radius 1 is 1.12 bits per heavy atom. The molecule has 2 N–H and O–H groups in total. The molecule has 0 aliphatic heterocycles. The third kappa shape index (κ3) is 2.39. The van der Waals surface area contributed by atoms with Gasteiger partial charge in [-0.2, -0.15) is 0 Å². The van der Waals surface area contributed by atoms with Gasteiger partial charge in [-0.15, -0.1) is 0 Å². The van der Waals surface area contributed by atoms with E-state index in [1.165, 1.54) is 5.57 Å². The van der Waals surface area contributed by atoms with Gasteiger partial charge in [0, 0.05) is 11.3 Å². The first-order valence-corrected chi connectivity index (χ1v) is 5.79. The Hall–Kier alpha value is -2.02. The van der Waals surface area contributed by atoms with E-state index in [1.807, 2.05) is 18.2 Å². The first kappa shape index (κ1) is 11.5. The molecule has 0 fully saturated rings. The Kier molecular flexibility index (Phi) is 3.29. The van der Waals surface area contributed by atoms with Crippen LogP contribution >= 0.6 is 0 Å². The number of nitrogens with two attached hydrogens (primary N) is 1. The van der Waals surface area contributed by atoms with Crippen LogP contribution in [-0.2, 0) is 0 Å². The van der Waals surface area contributed by atoms with Gasteiger partial charge in [0.1, 0.15) is 0 Å². The quantitative estimate of drug-likeness (QED) is 0.826. The molecule has 0 saturated carbocycles. The van der Waals surface area contributed by atoms with Crippen molar-refractivity contribution in [3.63, 3.8) is 0 Å². The van der Waals surface area contributed by atoms with E-state index in [0.29, 0.717) is 5.70 Å². The SMILES string of the molecule is C=C(N)c1ccccc1C(=C)C1=CC=CCC1. The Balaban J connectivity index is 2.40. The summed E-state index contributed by atoms with van der Waals surface area (Å²) in [6.07, 6.45) is 8.51. The Bertz CT molecular complexity index is 518. The van der Waals surface area contributed by atoms with Crippen LogP contribution in [0.2, 0.25) is 0 Å². The molecular formula is C16H17N. The topological polar surface area (TPSA) is 26.0 Å². The zero-order chi connectivity index (χ0) is 12.3. The van der Waals surface area contributed by atoms with Gasteiger partial charge in [0.2, 0.25) is 0 Å². The monoisotopic (exact) mass is 223 g/mol. The number of benzene rings is 1. The number of hydrogen-bond donors (Lipinski definition) is 1. The first-order chi connectivity index (χ1) is 8.20. The highest BCUT2D eigenvalue weighted by Gasteiger charge is 2.11. The third-order valence-electron chi connectivity index (χ3n) is 3.00. The van der Waals surface area contributed by atoms with Crippen molar-refractivity contribution in [1.29, 1.82) is 0 Å². The van der Waals surface area contributed by atoms with Crippen molar-refractivity contribution < 1.29 is 0 Å². The lowest BCUT2D eigenvalue weighted by atomic mass is 9.90. The lowest BCUT2D eigenvalue weighted by Gasteiger charge is -2.15. The van der Waals surface area contributed by atoms with E-state index in [2.05, 4.69) is 37.5 Å². The molecule has 0 radical (unpaired) electrons. The summed E-state index contributed by atoms with van der Waals surface area (Å²) < 4.78 is 0. The summed E-state index contributed by atoms with van der Waals surface area (Å²) in [4.78, 5) is 0. The van der Waals surface area contributed by atoms with Crippen molar-refractivity contribution >= 4 is 11.3 Å². The summed E-state index contributed by atoms with van der Waals surface area (Å²) >= 11 is 0. The summed E-state index contributed by atoms with van der Waals surface area (Å²) in [5.74, 6) is 0. The highest BCUT2D eigenvalue weighted by Crippen LogP contribution is 2.30. The van der Waals surface area contributed by atoms with E-state index in [0.717, 1.165) is 29.5 Å². The molecule has 1 heteroatoms. The molecule has 17 heavy (non-hydrogen) atoms. The van der Waals surface area contributed by atoms with Gasteiger partial charge < -0.3 is 5.73 Å². The molecule has 0 aromatic heterocycles. The summed E-state index contributed by atoms with van der Waals surface area (Å²) in [5.41, 5.74) is 10.8. The maximum atomic E-state index is 5.81. The predicted octanol–water partition coefficient (Wildman–Crippen LogP) is 3.91. The molecule has 86 valence electrons. The number of hydrogen-bond acceptors (Lipinski definition) is 1. The normalized spacial score (nSPS) is 14.2. The van der Waals surface area contributed by atoms with Crippen LogP contribution in [0, 0.1) is 0 Å². The van der Waals surface area contributed by atoms with Crippen LogP contribution in [-0.4, -0.2) is 0 Å². The average molecular weight is 223 g/mol. The van der Waals surface area contributed by atoms with E-state index in [-0.39, 0.29) is 0 Å². The van der Waals surface area contributed by atoms with Crippen LogP contribution in [0.5, 0.6) is 0 Å². The fourth-order valence-corrected chi connectivity index (χ4v) is 2.05. The summed E-state index contributed by atoms with van der Waals surface area (Å²) in [5, 5.41) is 0. The smallest absolute Gasteiger partial charge is 0.0320 e. The summed E-state index contributed by atoms with van der Waals surface area (Å²) in [6, 6.07) is 8.02. The minimum Gasteiger partial charge on any atom is -0.399 e. The molecule has 0 heterocycles. The number of allylic oxidation sites excluding steroid dienone is 5. The fourth-order valence-electron chi connectivity index (χ4n) is 2.05. The van der Waals surface area contributed by atoms with E-state index in [4.69, 9.17) is 5.73 Å². The van der Waals surface area contributed by atoms with Gasteiger partial charge in [0.05, 0.1) is 0 Å². The van der Waals surface area contributed by atoms with Gasteiger partial charge in [0.15, 0.2) is 0 Å². The molecule has 0 unspecified atom stereocenters. The van der Waals surface area contributed by atoms with E-state index < -0.39 is 0 Å². The zero-order valence-corrected chi connectivity index (χ0v) is 9.95. The Labute approximate surface area is 103 Å². The van der Waals surface area contributed by atoms with Crippen molar-refractivity contribution in [2.45, 2.75) is 12.8 Å². The zero-order valence-electron chi connectivity index (χ0n) is 9.95.